The number of unbranched alkanes of at least 4 members (excludes halogenated alkanes) is 1. The molecule has 10 heteroatoms. The first-order valence-corrected chi connectivity index (χ1v) is 15.8. The summed E-state index contributed by atoms with van der Waals surface area (Å²) in [5, 5.41) is 22.1. The number of carboxylic acids is 1. The molecule has 234 valence electrons. The first-order valence-electron chi connectivity index (χ1n) is 14.8. The van der Waals surface area contributed by atoms with Crippen LogP contribution in [0.2, 0.25) is 5.02 Å². The van der Waals surface area contributed by atoms with Crippen LogP contribution in [0.15, 0.2) is 54.6 Å². The number of halogens is 3. The second-order valence-electron chi connectivity index (χ2n) is 10.7. The Bertz CT molecular complexity index is 1760. The van der Waals surface area contributed by atoms with Gasteiger partial charge in [0.1, 0.15) is 11.4 Å². The zero-order valence-corrected chi connectivity index (χ0v) is 27.7. The number of hydrogen-bond acceptors (Lipinski definition) is 4. The van der Waals surface area contributed by atoms with Crippen molar-refractivity contribution in [2.45, 2.75) is 51.5 Å². The maximum Gasteiger partial charge on any atom is 0.352 e. The molecule has 0 amide bonds. The molecule has 5 rings (SSSR count). The number of nitrogens with zero attached hydrogens (tertiary/aromatic N) is 3. The minimum absolute atomic E-state index is 0. The highest BCUT2D eigenvalue weighted by Gasteiger charge is 2.28. The number of rotatable bonds is 14. The van der Waals surface area contributed by atoms with Gasteiger partial charge in [0.15, 0.2) is 0 Å². The minimum Gasteiger partial charge on any atom is -0.493 e. The molecule has 2 heterocycles. The number of aryl methyl sites for hydroxylation is 3. The fraction of sp³-hybridized carbons (Fsp3) is 0.353. The number of aromatic carboxylic acids is 1. The van der Waals surface area contributed by atoms with Gasteiger partial charge in [-0.15, -0.1) is 24.0 Å². The molecule has 0 radical (unpaired) electrons. The van der Waals surface area contributed by atoms with Gasteiger partial charge >= 0.3 is 5.97 Å². The Morgan fingerprint density at radius 1 is 1.02 bits per heavy atom. The SMILES string of the molecule is CCc1c(-c2c(Cl)ccc3c(CCCOc4cccc5ccccc45)c(C(=O)O)n(CCCCNC)c23)c(CCl)nn1C.Cl. The topological polar surface area (TPSA) is 81.3 Å². The van der Waals surface area contributed by atoms with E-state index in [9.17, 15) is 9.90 Å². The number of alkyl halides is 1. The fourth-order valence-electron chi connectivity index (χ4n) is 6.18. The number of carboxylic acid groups (broad SMARTS) is 1. The highest BCUT2D eigenvalue weighted by molar-refractivity contribution is 6.35. The number of nitrogens with one attached hydrogen (secondary N) is 1. The van der Waals surface area contributed by atoms with E-state index < -0.39 is 5.97 Å². The Kier molecular flexibility index (Phi) is 11.6. The molecule has 0 saturated heterocycles. The Morgan fingerprint density at radius 3 is 2.52 bits per heavy atom. The van der Waals surface area contributed by atoms with Crippen molar-refractivity contribution >= 4 is 63.3 Å². The molecule has 3 aromatic carbocycles. The lowest BCUT2D eigenvalue weighted by Crippen LogP contribution is -2.13. The number of ether oxygens (including phenoxy) is 1. The average molecular weight is 658 g/mol. The van der Waals surface area contributed by atoms with E-state index in [1.165, 1.54) is 0 Å². The van der Waals surface area contributed by atoms with E-state index in [1.54, 1.807) is 0 Å². The summed E-state index contributed by atoms with van der Waals surface area (Å²) in [7, 11) is 3.83. The number of fused-ring (bicyclic) bond motifs is 2. The zero-order chi connectivity index (χ0) is 30.5. The average Bonchev–Trinajstić information content (AvgIpc) is 3.50. The maximum atomic E-state index is 12.9. The first-order chi connectivity index (χ1) is 20.9. The molecule has 0 aliphatic carbocycles. The number of benzene rings is 3. The Hall–Kier alpha value is -3.23. The third kappa shape index (κ3) is 6.57. The Morgan fingerprint density at radius 2 is 1.80 bits per heavy atom. The standard InChI is InChI=1S/C34H38Cl2N4O3.ClH/c1-4-28-31(27(21-35)38-39(28)3)30-26(36)17-16-25-24(33(34(41)42)40(32(25)30)19-8-7-18-37-2)14-10-20-43-29-15-9-12-22-11-5-6-13-23(22)29;/h5-6,9,11-13,15-17,37H,4,7-8,10,14,18-21H2,1-3H3,(H,41,42);1H. The summed E-state index contributed by atoms with van der Waals surface area (Å²) in [6.45, 7) is 3.94. The smallest absolute Gasteiger partial charge is 0.352 e. The number of hydrogen-bond donors (Lipinski definition) is 2. The molecule has 0 spiro atoms. The van der Waals surface area contributed by atoms with Crippen LogP contribution in [0.1, 0.15) is 53.6 Å². The molecule has 0 aliphatic heterocycles. The molecule has 0 bridgehead atoms. The lowest BCUT2D eigenvalue weighted by molar-refractivity contribution is 0.0684. The van der Waals surface area contributed by atoms with Crippen LogP contribution in [-0.4, -0.2) is 45.6 Å². The van der Waals surface area contributed by atoms with Crippen LogP contribution >= 0.6 is 35.6 Å². The second-order valence-corrected chi connectivity index (χ2v) is 11.4. The van der Waals surface area contributed by atoms with Crippen LogP contribution in [-0.2, 0) is 32.3 Å². The molecule has 44 heavy (non-hydrogen) atoms. The van der Waals surface area contributed by atoms with Crippen LogP contribution < -0.4 is 10.1 Å². The van der Waals surface area contributed by atoms with Gasteiger partial charge in [-0.25, -0.2) is 4.79 Å². The van der Waals surface area contributed by atoms with E-state index in [1.807, 2.05) is 59.7 Å². The van der Waals surface area contributed by atoms with Crippen molar-refractivity contribution in [3.63, 3.8) is 0 Å². The van der Waals surface area contributed by atoms with Crippen LogP contribution in [0.3, 0.4) is 0 Å². The normalized spacial score (nSPS) is 11.3. The summed E-state index contributed by atoms with van der Waals surface area (Å²) in [6.07, 6.45) is 3.66. The summed E-state index contributed by atoms with van der Waals surface area (Å²) >= 11 is 13.4. The van der Waals surface area contributed by atoms with E-state index in [-0.39, 0.29) is 18.3 Å². The molecule has 0 saturated carbocycles. The van der Waals surface area contributed by atoms with Crippen LogP contribution in [0.25, 0.3) is 32.8 Å². The summed E-state index contributed by atoms with van der Waals surface area (Å²) in [4.78, 5) is 12.9. The largest absolute Gasteiger partial charge is 0.493 e. The van der Waals surface area contributed by atoms with Crippen LogP contribution in [0.4, 0.5) is 0 Å². The van der Waals surface area contributed by atoms with Crippen molar-refractivity contribution in [1.29, 1.82) is 0 Å². The van der Waals surface area contributed by atoms with Gasteiger partial charge in [0.25, 0.3) is 0 Å². The third-order valence-electron chi connectivity index (χ3n) is 8.07. The van der Waals surface area contributed by atoms with Crippen LogP contribution in [0, 0.1) is 0 Å². The van der Waals surface area contributed by atoms with Gasteiger partial charge in [0.2, 0.25) is 0 Å². The quantitative estimate of drug-likeness (QED) is 0.0928. The molecular formula is C34H39Cl3N4O3. The first kappa shape index (κ1) is 33.7. The van der Waals surface area contributed by atoms with Crippen LogP contribution in [0.5, 0.6) is 5.75 Å². The molecule has 0 unspecified atom stereocenters. The predicted molar refractivity (Wildman–Crippen MR) is 183 cm³/mol. The van der Waals surface area contributed by atoms with Crippen molar-refractivity contribution in [3.8, 4) is 16.9 Å². The van der Waals surface area contributed by atoms with Gasteiger partial charge < -0.3 is 19.7 Å². The number of aromatic nitrogens is 3. The van der Waals surface area contributed by atoms with E-state index >= 15 is 0 Å². The van der Waals surface area contributed by atoms with E-state index in [2.05, 4.69) is 30.4 Å². The summed E-state index contributed by atoms with van der Waals surface area (Å²) < 4.78 is 10.0. The van der Waals surface area contributed by atoms with Gasteiger partial charge in [-0.05, 0) is 68.8 Å². The van der Waals surface area contributed by atoms with Gasteiger partial charge in [-0.1, -0.05) is 61.0 Å². The molecule has 2 aromatic heterocycles. The fourth-order valence-corrected chi connectivity index (χ4v) is 6.62. The molecular weight excluding hydrogens is 619 g/mol. The third-order valence-corrected chi connectivity index (χ3v) is 8.64. The minimum atomic E-state index is -0.948. The predicted octanol–water partition coefficient (Wildman–Crippen LogP) is 8.28. The lowest BCUT2D eigenvalue weighted by Gasteiger charge is -2.14. The van der Waals surface area contributed by atoms with Gasteiger partial charge in [0, 0.05) is 41.2 Å². The van der Waals surface area contributed by atoms with Crippen molar-refractivity contribution < 1.29 is 14.6 Å². The van der Waals surface area contributed by atoms with Crippen molar-refractivity contribution in [3.05, 3.63) is 82.3 Å². The molecule has 5 aromatic rings. The van der Waals surface area contributed by atoms with E-state index in [4.69, 9.17) is 33.0 Å². The summed E-state index contributed by atoms with van der Waals surface area (Å²) in [5.74, 6) is 0.106. The summed E-state index contributed by atoms with van der Waals surface area (Å²) in [5.41, 5.74) is 5.37. The van der Waals surface area contributed by atoms with E-state index in [0.29, 0.717) is 36.7 Å². The second kappa shape index (κ2) is 15.2. The highest BCUT2D eigenvalue weighted by atomic mass is 35.5. The molecule has 0 atom stereocenters. The molecule has 0 fully saturated rings. The van der Waals surface area contributed by atoms with Crippen molar-refractivity contribution in [1.82, 2.24) is 19.7 Å². The Labute approximate surface area is 274 Å². The van der Waals surface area contributed by atoms with E-state index in [0.717, 1.165) is 81.3 Å². The number of carbonyl (C=O) groups is 1. The van der Waals surface area contributed by atoms with Gasteiger partial charge in [0.05, 0.1) is 28.7 Å². The van der Waals surface area contributed by atoms with Crippen molar-refractivity contribution in [2.24, 2.45) is 7.05 Å². The zero-order valence-electron chi connectivity index (χ0n) is 25.3. The molecule has 0 aliphatic rings. The maximum absolute atomic E-state index is 12.9. The lowest BCUT2D eigenvalue weighted by atomic mass is 9.97. The van der Waals surface area contributed by atoms with Gasteiger partial charge in [-0.2, -0.15) is 5.10 Å². The summed E-state index contributed by atoms with van der Waals surface area (Å²) in [6, 6.07) is 18.0. The monoisotopic (exact) mass is 656 g/mol. The Balaban J connectivity index is 0.00000442. The van der Waals surface area contributed by atoms with Crippen molar-refractivity contribution in [2.75, 3.05) is 20.2 Å². The highest BCUT2D eigenvalue weighted by Crippen LogP contribution is 2.43. The molecule has 7 nitrogen and oxygen atoms in total. The van der Waals surface area contributed by atoms with Gasteiger partial charge in [-0.3, -0.25) is 4.68 Å². The molecule has 2 N–H and O–H groups in total.